The molecule has 0 heterocycles. The normalized spacial score (nSPS) is 12.4. The zero-order valence-electron chi connectivity index (χ0n) is 10.8. The van der Waals surface area contributed by atoms with Gasteiger partial charge in [-0.2, -0.15) is 0 Å². The van der Waals surface area contributed by atoms with Crippen molar-refractivity contribution in [2.45, 2.75) is 12.5 Å². The summed E-state index contributed by atoms with van der Waals surface area (Å²) in [7, 11) is 1.88. The predicted octanol–water partition coefficient (Wildman–Crippen LogP) is 5.51. The molecule has 0 bridgehead atoms. The standard InChI is InChI=1S/C15H13Br2ClFN/c1-20-14(9-5-6-11(16)12(18)7-9)8-10-3-2-4-13(19)15(10)17/h2-7,14,20H,8H2,1H3. The lowest BCUT2D eigenvalue weighted by Gasteiger charge is -2.18. The van der Waals surface area contributed by atoms with Crippen LogP contribution in [0.25, 0.3) is 0 Å². The average Bonchev–Trinajstić information content (AvgIpc) is 2.44. The number of rotatable bonds is 4. The van der Waals surface area contributed by atoms with E-state index in [1.165, 1.54) is 6.07 Å². The fourth-order valence-corrected chi connectivity index (χ4v) is 2.90. The van der Waals surface area contributed by atoms with Gasteiger partial charge in [-0.1, -0.05) is 29.8 Å². The quantitative estimate of drug-likeness (QED) is 0.687. The smallest absolute Gasteiger partial charge is 0.137 e. The number of benzene rings is 2. The van der Waals surface area contributed by atoms with Gasteiger partial charge in [-0.3, -0.25) is 0 Å². The van der Waals surface area contributed by atoms with Crippen LogP contribution >= 0.6 is 43.5 Å². The molecule has 0 radical (unpaired) electrons. The zero-order valence-corrected chi connectivity index (χ0v) is 14.7. The van der Waals surface area contributed by atoms with Crippen LogP contribution in [0.2, 0.25) is 5.02 Å². The molecule has 2 aromatic carbocycles. The lowest BCUT2D eigenvalue weighted by Crippen LogP contribution is -2.19. The Hall–Kier alpha value is -0.420. The van der Waals surface area contributed by atoms with E-state index in [0.29, 0.717) is 15.9 Å². The summed E-state index contributed by atoms with van der Waals surface area (Å²) < 4.78 is 14.9. The number of likely N-dealkylation sites (N-methyl/N-ethyl adjacent to an activating group) is 1. The van der Waals surface area contributed by atoms with Crippen molar-refractivity contribution in [2.75, 3.05) is 7.05 Å². The predicted molar refractivity (Wildman–Crippen MR) is 88.8 cm³/mol. The summed E-state index contributed by atoms with van der Waals surface area (Å²) in [6, 6.07) is 11.0. The first-order chi connectivity index (χ1) is 9.52. The number of nitrogens with one attached hydrogen (secondary N) is 1. The van der Waals surface area contributed by atoms with Gasteiger partial charge >= 0.3 is 0 Å². The van der Waals surface area contributed by atoms with E-state index in [2.05, 4.69) is 37.2 Å². The summed E-state index contributed by atoms with van der Waals surface area (Å²) in [5, 5.41) is 3.91. The average molecular weight is 422 g/mol. The van der Waals surface area contributed by atoms with Crippen LogP contribution in [0.3, 0.4) is 0 Å². The molecule has 1 unspecified atom stereocenters. The van der Waals surface area contributed by atoms with Gasteiger partial charge in [-0.05, 0) is 74.7 Å². The van der Waals surface area contributed by atoms with Gasteiger partial charge in [0.25, 0.3) is 0 Å². The minimum Gasteiger partial charge on any atom is -0.313 e. The first-order valence-electron chi connectivity index (χ1n) is 6.08. The molecule has 5 heteroatoms. The third-order valence-electron chi connectivity index (χ3n) is 3.15. The van der Waals surface area contributed by atoms with Crippen molar-refractivity contribution in [3.63, 3.8) is 0 Å². The Kier molecular flexibility index (Phi) is 5.61. The van der Waals surface area contributed by atoms with Crippen molar-refractivity contribution in [3.05, 3.63) is 67.3 Å². The highest BCUT2D eigenvalue weighted by Crippen LogP contribution is 2.29. The first kappa shape index (κ1) is 16.0. The Bertz CT molecular complexity index is 619. The van der Waals surface area contributed by atoms with E-state index >= 15 is 0 Å². The Balaban J connectivity index is 2.28. The Labute approximate surface area is 139 Å². The van der Waals surface area contributed by atoms with Crippen LogP contribution in [-0.4, -0.2) is 7.05 Å². The van der Waals surface area contributed by atoms with Crippen LogP contribution in [0.4, 0.5) is 4.39 Å². The van der Waals surface area contributed by atoms with Gasteiger partial charge in [0.15, 0.2) is 0 Å². The summed E-state index contributed by atoms with van der Waals surface area (Å²) >= 11 is 12.8. The fraction of sp³-hybridized carbons (Fsp3) is 0.200. The van der Waals surface area contributed by atoms with Crippen molar-refractivity contribution in [3.8, 4) is 0 Å². The second-order valence-electron chi connectivity index (χ2n) is 4.43. The van der Waals surface area contributed by atoms with Gasteiger partial charge in [0.05, 0.1) is 9.50 Å². The van der Waals surface area contributed by atoms with E-state index < -0.39 is 0 Å². The number of hydrogen-bond donors (Lipinski definition) is 1. The van der Waals surface area contributed by atoms with Crippen LogP contribution < -0.4 is 5.32 Å². The first-order valence-corrected chi connectivity index (χ1v) is 8.04. The van der Waals surface area contributed by atoms with E-state index in [1.54, 1.807) is 6.07 Å². The summed E-state index contributed by atoms with van der Waals surface area (Å²) in [5.41, 5.74) is 1.99. The van der Waals surface area contributed by atoms with Crippen LogP contribution in [0.5, 0.6) is 0 Å². The molecule has 2 rings (SSSR count). The Morgan fingerprint density at radius 3 is 2.65 bits per heavy atom. The summed E-state index contributed by atoms with van der Waals surface area (Å²) in [6.45, 7) is 0. The Morgan fingerprint density at radius 1 is 1.25 bits per heavy atom. The van der Waals surface area contributed by atoms with E-state index in [4.69, 9.17) is 11.6 Å². The van der Waals surface area contributed by atoms with Gasteiger partial charge in [0.1, 0.15) is 5.82 Å². The molecule has 0 saturated heterocycles. The molecule has 0 aliphatic carbocycles. The molecule has 20 heavy (non-hydrogen) atoms. The van der Waals surface area contributed by atoms with Gasteiger partial charge in [0.2, 0.25) is 0 Å². The van der Waals surface area contributed by atoms with E-state index in [0.717, 1.165) is 15.6 Å². The Morgan fingerprint density at radius 2 is 2.00 bits per heavy atom. The maximum Gasteiger partial charge on any atom is 0.137 e. The molecule has 0 fully saturated rings. The topological polar surface area (TPSA) is 12.0 Å². The second kappa shape index (κ2) is 7.03. The molecule has 0 saturated carbocycles. The fourth-order valence-electron chi connectivity index (χ4n) is 2.04. The van der Waals surface area contributed by atoms with Gasteiger partial charge in [-0.15, -0.1) is 0 Å². The molecular formula is C15H13Br2ClFN. The van der Waals surface area contributed by atoms with E-state index in [-0.39, 0.29) is 11.9 Å². The maximum atomic E-state index is 13.6. The molecule has 0 aliphatic heterocycles. The molecule has 0 aliphatic rings. The molecule has 1 nitrogen and oxygen atoms in total. The van der Waals surface area contributed by atoms with Crippen molar-refractivity contribution in [1.29, 1.82) is 0 Å². The molecular weight excluding hydrogens is 408 g/mol. The molecule has 0 aromatic heterocycles. The maximum absolute atomic E-state index is 13.6. The van der Waals surface area contributed by atoms with Crippen molar-refractivity contribution >= 4 is 43.5 Å². The van der Waals surface area contributed by atoms with Crippen molar-refractivity contribution in [2.24, 2.45) is 0 Å². The highest BCUT2D eigenvalue weighted by Gasteiger charge is 2.14. The van der Waals surface area contributed by atoms with E-state index in [9.17, 15) is 4.39 Å². The SMILES string of the molecule is CNC(Cc1cccc(F)c1Br)c1ccc(Br)c(Cl)c1. The largest absolute Gasteiger partial charge is 0.313 e. The van der Waals surface area contributed by atoms with Gasteiger partial charge in [0, 0.05) is 10.5 Å². The second-order valence-corrected chi connectivity index (χ2v) is 6.49. The summed E-state index contributed by atoms with van der Waals surface area (Å²) in [4.78, 5) is 0. The van der Waals surface area contributed by atoms with E-state index in [1.807, 2.05) is 31.3 Å². The molecule has 1 N–H and O–H groups in total. The van der Waals surface area contributed by atoms with Crippen molar-refractivity contribution < 1.29 is 4.39 Å². The van der Waals surface area contributed by atoms with Crippen molar-refractivity contribution in [1.82, 2.24) is 5.32 Å². The third kappa shape index (κ3) is 3.61. The van der Waals surface area contributed by atoms with Crippen LogP contribution in [0, 0.1) is 5.82 Å². The highest BCUT2D eigenvalue weighted by atomic mass is 79.9. The lowest BCUT2D eigenvalue weighted by molar-refractivity contribution is 0.580. The van der Waals surface area contributed by atoms with Crippen LogP contribution in [0.1, 0.15) is 17.2 Å². The number of halogens is 4. The third-order valence-corrected chi connectivity index (χ3v) is 5.27. The molecule has 2 aromatic rings. The number of hydrogen-bond acceptors (Lipinski definition) is 1. The molecule has 106 valence electrons. The summed E-state index contributed by atoms with van der Waals surface area (Å²) in [6.07, 6.45) is 0.673. The monoisotopic (exact) mass is 419 g/mol. The van der Waals surface area contributed by atoms with Crippen LogP contribution in [-0.2, 0) is 6.42 Å². The van der Waals surface area contributed by atoms with Gasteiger partial charge in [-0.25, -0.2) is 4.39 Å². The highest BCUT2D eigenvalue weighted by molar-refractivity contribution is 9.10. The summed E-state index contributed by atoms with van der Waals surface area (Å²) in [5.74, 6) is -0.244. The lowest BCUT2D eigenvalue weighted by atomic mass is 9.99. The molecule has 1 atom stereocenters. The minimum absolute atomic E-state index is 0.0682. The zero-order chi connectivity index (χ0) is 14.7. The minimum atomic E-state index is -0.244. The molecule has 0 spiro atoms. The van der Waals surface area contributed by atoms with Crippen LogP contribution in [0.15, 0.2) is 45.3 Å². The van der Waals surface area contributed by atoms with Gasteiger partial charge < -0.3 is 5.32 Å². The molecule has 0 amide bonds.